The summed E-state index contributed by atoms with van der Waals surface area (Å²) in [6.07, 6.45) is -11.8. The minimum atomic E-state index is -4.06. The molecule has 0 saturated carbocycles. The predicted octanol–water partition coefficient (Wildman–Crippen LogP) is 1.29. The average Bonchev–Trinajstić information content (AvgIpc) is 2.84. The van der Waals surface area contributed by atoms with Crippen molar-refractivity contribution in [3.05, 3.63) is 29.3 Å². The highest BCUT2D eigenvalue weighted by atomic mass is 16.7. The van der Waals surface area contributed by atoms with E-state index >= 15 is 0 Å². The summed E-state index contributed by atoms with van der Waals surface area (Å²) in [4.78, 5) is 12.2. The molecule has 1 heterocycles. The zero-order valence-electron chi connectivity index (χ0n) is 30.4. The van der Waals surface area contributed by atoms with Gasteiger partial charge < -0.3 is 29.5 Å². The predicted molar refractivity (Wildman–Crippen MR) is 93.9 cm³/mol. The Bertz CT molecular complexity index is 1130. The van der Waals surface area contributed by atoms with Gasteiger partial charge in [0, 0.05) is 19.2 Å². The third-order valence-corrected chi connectivity index (χ3v) is 3.57. The van der Waals surface area contributed by atoms with E-state index in [2.05, 4.69) is 4.74 Å². The molecule has 1 saturated heterocycles. The highest BCUT2D eigenvalue weighted by Crippen LogP contribution is 2.36. The highest BCUT2D eigenvalue weighted by Gasteiger charge is 2.48. The van der Waals surface area contributed by atoms with Crippen LogP contribution < -0.4 is 4.74 Å². The number of aliphatic hydroxyl groups excluding tert-OH is 3. The molecule has 0 unspecified atom stereocenters. The molecule has 1 aliphatic heterocycles. The molecular weight excluding hydrogens is 340 g/mol. The SMILES string of the molecule is [2H]c1c([2H])c(C([2H])(C([2H])([2H])[2H])C([2H])([2H])[2H])c(O[C@@H]2O[C@H](C(=O)OC)[C@@H](O)[C@H](O)[C@H]2O)c(C([2H])(C([2H])([2H])[2H])C([2H])([2H])[2H])c1[2H]. The van der Waals surface area contributed by atoms with Gasteiger partial charge in [-0.2, -0.15) is 0 Å². The molecule has 2 rings (SSSR count). The lowest BCUT2D eigenvalue weighted by atomic mass is 9.93. The van der Waals surface area contributed by atoms with Crippen molar-refractivity contribution in [2.45, 2.75) is 69.9 Å². The van der Waals surface area contributed by atoms with E-state index in [1.54, 1.807) is 0 Å². The summed E-state index contributed by atoms with van der Waals surface area (Å²) >= 11 is 0. The van der Waals surface area contributed by atoms with Crippen LogP contribution >= 0.6 is 0 Å². The lowest BCUT2D eigenvalue weighted by Crippen LogP contribution is -2.61. The maximum Gasteiger partial charge on any atom is 0.337 e. The van der Waals surface area contributed by atoms with Crippen LogP contribution in [0.15, 0.2) is 18.1 Å². The van der Waals surface area contributed by atoms with E-state index < -0.39 is 111 Å². The Labute approximate surface area is 177 Å². The number of carbonyl (C=O) groups excluding carboxylic acids is 1. The Morgan fingerprint density at radius 2 is 1.73 bits per heavy atom. The lowest BCUT2D eigenvalue weighted by Gasteiger charge is -2.39. The number of aliphatic hydroxyl groups is 3. The first-order valence-electron chi connectivity index (χ1n) is 15.6. The van der Waals surface area contributed by atoms with Gasteiger partial charge in [-0.25, -0.2) is 4.79 Å². The first-order valence-corrected chi connectivity index (χ1v) is 7.12. The molecule has 0 amide bonds. The van der Waals surface area contributed by atoms with Crippen LogP contribution in [0.5, 0.6) is 5.75 Å². The van der Waals surface area contributed by atoms with Crippen LogP contribution in [0.3, 0.4) is 0 Å². The molecule has 7 heteroatoms. The normalized spacial score (nSPS) is 41.4. The highest BCUT2D eigenvalue weighted by molar-refractivity contribution is 5.75. The molecule has 0 bridgehead atoms. The minimum Gasteiger partial charge on any atom is -0.467 e. The summed E-state index contributed by atoms with van der Waals surface area (Å²) in [5.74, 6) is -11.2. The summed E-state index contributed by atoms with van der Waals surface area (Å²) in [5, 5.41) is 31.1. The van der Waals surface area contributed by atoms with Crippen LogP contribution in [0.25, 0.3) is 0 Å². The fraction of sp³-hybridized carbons (Fsp3) is 0.632. The second-order valence-electron chi connectivity index (χ2n) is 5.24. The van der Waals surface area contributed by atoms with Gasteiger partial charge in [0.1, 0.15) is 24.1 Å². The number of hydrogen-bond donors (Lipinski definition) is 3. The van der Waals surface area contributed by atoms with Crippen LogP contribution in [0.4, 0.5) is 0 Å². The topological polar surface area (TPSA) is 105 Å². The molecule has 146 valence electrons. The smallest absolute Gasteiger partial charge is 0.337 e. The number of methoxy groups -OCH3 is 1. The van der Waals surface area contributed by atoms with Crippen LogP contribution in [0.1, 0.15) is 73.6 Å². The summed E-state index contributed by atoms with van der Waals surface area (Å²) < 4.78 is 151. The van der Waals surface area contributed by atoms with E-state index in [1.165, 1.54) is 0 Å². The number of para-hydroxylation sites is 1. The molecule has 1 fully saturated rings. The molecule has 26 heavy (non-hydrogen) atoms. The summed E-state index contributed by atoms with van der Waals surface area (Å²) in [6.45, 7) is -16.0. The van der Waals surface area contributed by atoms with Crippen LogP contribution in [0.2, 0.25) is 0 Å². The monoisotopic (exact) mass is 385 g/mol. The maximum absolute atomic E-state index is 12.2. The molecular formula is C19H28O7. The molecule has 0 radical (unpaired) electrons. The standard InChI is InChI=1S/C19H28O7/c1-9(2)11-7-6-8-12(10(3)4)16(11)25-19-15(22)13(20)14(21)17(26-19)18(23)24-5/h6-10,13-15,17,19-22H,1-5H3/t13-,14-,15+,17-,19+/m0/s1/i1D3,2D3,3D3,4D3,6D,7D,8D,9D,10D. The molecule has 7 nitrogen and oxygen atoms in total. The van der Waals surface area contributed by atoms with Crippen molar-refractivity contribution in [1.29, 1.82) is 0 Å². The van der Waals surface area contributed by atoms with E-state index in [0.29, 0.717) is 0 Å². The first kappa shape index (κ1) is 7.39. The van der Waals surface area contributed by atoms with Crippen molar-refractivity contribution < 1.29 is 57.6 Å². The van der Waals surface area contributed by atoms with E-state index in [4.69, 9.17) is 32.8 Å². The van der Waals surface area contributed by atoms with Crippen LogP contribution in [-0.2, 0) is 14.3 Å². The Balaban J connectivity index is 3.26. The average molecular weight is 386 g/mol. The first-order chi connectivity index (χ1) is 19.0. The second kappa shape index (κ2) is 8.35. The third kappa shape index (κ3) is 4.01. The van der Waals surface area contributed by atoms with Crippen LogP contribution in [0, 0.1) is 0 Å². The van der Waals surface area contributed by atoms with E-state index in [0.717, 1.165) is 7.11 Å². The van der Waals surface area contributed by atoms with Gasteiger partial charge in [0.15, 0.2) is 6.10 Å². The molecule has 1 aromatic rings. The fourth-order valence-corrected chi connectivity index (χ4v) is 2.24. The fourth-order valence-electron chi connectivity index (χ4n) is 2.24. The summed E-state index contributed by atoms with van der Waals surface area (Å²) in [7, 11) is 0.815. The van der Waals surface area contributed by atoms with Crippen molar-refractivity contribution in [2.24, 2.45) is 0 Å². The van der Waals surface area contributed by atoms with Gasteiger partial charge in [0.2, 0.25) is 6.29 Å². The van der Waals surface area contributed by atoms with Crippen LogP contribution in [-0.4, -0.2) is 59.1 Å². The Hall–Kier alpha value is -1.67. The quantitative estimate of drug-likeness (QED) is 0.656. The number of esters is 1. The third-order valence-electron chi connectivity index (χ3n) is 3.57. The molecule has 1 aliphatic rings. The van der Waals surface area contributed by atoms with Crippen molar-refractivity contribution in [2.75, 3.05) is 7.11 Å². The Kier molecular flexibility index (Phi) is 2.37. The molecule has 0 aliphatic carbocycles. The second-order valence-corrected chi connectivity index (χ2v) is 5.24. The molecule has 3 N–H and O–H groups in total. The number of carbonyl (C=O) groups is 1. The molecule has 1 aromatic carbocycles. The van der Waals surface area contributed by atoms with Gasteiger partial charge in [0.05, 0.1) is 11.2 Å². The van der Waals surface area contributed by atoms with Crippen molar-refractivity contribution in [3.63, 3.8) is 0 Å². The van der Waals surface area contributed by atoms with Gasteiger partial charge in [-0.15, -0.1) is 0 Å². The number of benzene rings is 1. The minimum absolute atomic E-state index is 0.815. The van der Waals surface area contributed by atoms with Gasteiger partial charge >= 0.3 is 5.97 Å². The maximum atomic E-state index is 12.2. The zero-order valence-corrected chi connectivity index (χ0v) is 13.4. The largest absolute Gasteiger partial charge is 0.467 e. The molecule has 0 aromatic heterocycles. The Morgan fingerprint density at radius 1 is 1.15 bits per heavy atom. The lowest BCUT2D eigenvalue weighted by molar-refractivity contribution is -0.272. The van der Waals surface area contributed by atoms with Gasteiger partial charge in [-0.1, -0.05) is 45.5 Å². The summed E-state index contributed by atoms with van der Waals surface area (Å²) in [5.41, 5.74) is -3.42. The van der Waals surface area contributed by atoms with Crippen molar-refractivity contribution in [1.82, 2.24) is 0 Å². The summed E-state index contributed by atoms with van der Waals surface area (Å²) in [6, 6.07) is -4.57. The van der Waals surface area contributed by atoms with Gasteiger partial charge in [-0.3, -0.25) is 0 Å². The van der Waals surface area contributed by atoms with E-state index in [9.17, 15) is 20.1 Å². The zero-order chi connectivity index (χ0) is 34.0. The number of ether oxygens (including phenoxy) is 3. The number of hydrogen-bond acceptors (Lipinski definition) is 7. The van der Waals surface area contributed by atoms with Crippen molar-refractivity contribution >= 4 is 5.97 Å². The van der Waals surface area contributed by atoms with E-state index in [-0.39, 0.29) is 0 Å². The van der Waals surface area contributed by atoms with Crippen molar-refractivity contribution in [3.8, 4) is 5.75 Å². The number of rotatable bonds is 5. The Morgan fingerprint density at radius 3 is 2.23 bits per heavy atom. The van der Waals surface area contributed by atoms with Gasteiger partial charge in [0.25, 0.3) is 0 Å². The molecule has 5 atom stereocenters. The molecule has 0 spiro atoms. The van der Waals surface area contributed by atoms with Gasteiger partial charge in [-0.05, 0) is 22.9 Å². The van der Waals surface area contributed by atoms with E-state index in [1.807, 2.05) is 0 Å².